The fourth-order valence-corrected chi connectivity index (χ4v) is 4.51. The van der Waals surface area contributed by atoms with Crippen LogP contribution in [0.3, 0.4) is 0 Å². The zero-order valence-corrected chi connectivity index (χ0v) is 19.4. The number of ether oxygens (including phenoxy) is 1. The second kappa shape index (κ2) is 9.49. The highest BCUT2D eigenvalue weighted by molar-refractivity contribution is 7.89. The van der Waals surface area contributed by atoms with Gasteiger partial charge in [-0.3, -0.25) is 4.79 Å². The summed E-state index contributed by atoms with van der Waals surface area (Å²) in [5.74, 6) is -3.80. The second-order valence-corrected chi connectivity index (χ2v) is 9.95. The quantitative estimate of drug-likeness (QED) is 0.466. The van der Waals surface area contributed by atoms with Crippen LogP contribution in [0.5, 0.6) is 0 Å². The normalized spacial score (nSPS) is 15.6. The first-order valence-corrected chi connectivity index (χ1v) is 12.2. The van der Waals surface area contributed by atoms with Gasteiger partial charge in [0.15, 0.2) is 11.6 Å². The Kier molecular flexibility index (Phi) is 6.77. The number of H-pyrrole nitrogens is 1. The van der Waals surface area contributed by atoms with Crippen LogP contribution in [0.15, 0.2) is 35.1 Å². The fourth-order valence-electron chi connectivity index (χ4n) is 3.88. The van der Waals surface area contributed by atoms with E-state index in [-0.39, 0.29) is 46.0 Å². The number of urea groups is 1. The van der Waals surface area contributed by atoms with Gasteiger partial charge in [-0.15, -0.1) is 0 Å². The van der Waals surface area contributed by atoms with Crippen molar-refractivity contribution in [1.29, 1.82) is 0 Å². The molecule has 186 valence electrons. The molecule has 1 aliphatic rings. The first kappa shape index (κ1) is 25.0. The number of aromatic amines is 1. The molecule has 2 aromatic carbocycles. The third-order valence-electron chi connectivity index (χ3n) is 5.46. The molecule has 9 nitrogen and oxygen atoms in total. The zero-order valence-electron chi connectivity index (χ0n) is 17.8. The molecule has 0 saturated heterocycles. The summed E-state index contributed by atoms with van der Waals surface area (Å²) in [5, 5.41) is 7.24. The van der Waals surface area contributed by atoms with Gasteiger partial charge in [-0.1, -0.05) is 11.6 Å². The number of amides is 2. The maximum atomic E-state index is 14.1. The lowest BCUT2D eigenvalue weighted by Gasteiger charge is -2.36. The van der Waals surface area contributed by atoms with Crippen LogP contribution in [0.25, 0.3) is 10.8 Å². The summed E-state index contributed by atoms with van der Waals surface area (Å²) in [5.41, 5.74) is -0.115. The number of aromatic nitrogens is 1. The number of pyridine rings is 1. The number of fused-ring (bicyclic) bond motifs is 3. The van der Waals surface area contributed by atoms with Gasteiger partial charge < -0.3 is 19.9 Å². The molecule has 0 aliphatic carbocycles. The summed E-state index contributed by atoms with van der Waals surface area (Å²) in [6.07, 6.45) is 0. The fraction of sp³-hybridized carbons (Fsp3) is 0.238. The molecule has 2 amide bonds. The number of hydrogen-bond donors (Lipinski definition) is 3. The van der Waals surface area contributed by atoms with Crippen LogP contribution in [0.4, 0.5) is 23.7 Å². The smallest absolute Gasteiger partial charge is 0.322 e. The van der Waals surface area contributed by atoms with Gasteiger partial charge in [0, 0.05) is 23.5 Å². The van der Waals surface area contributed by atoms with Crippen molar-refractivity contribution in [2.75, 3.05) is 24.2 Å². The number of rotatable bonds is 5. The maximum absolute atomic E-state index is 14.1. The van der Waals surface area contributed by atoms with Crippen LogP contribution in [0.2, 0.25) is 5.02 Å². The van der Waals surface area contributed by atoms with Crippen LogP contribution >= 0.6 is 11.6 Å². The number of anilines is 1. The Bertz CT molecular complexity index is 1500. The molecule has 4 rings (SSSR count). The maximum Gasteiger partial charge on any atom is 0.322 e. The van der Waals surface area contributed by atoms with Crippen molar-refractivity contribution in [3.63, 3.8) is 0 Å². The van der Waals surface area contributed by atoms with Gasteiger partial charge >= 0.3 is 6.03 Å². The van der Waals surface area contributed by atoms with Crippen molar-refractivity contribution in [1.82, 2.24) is 9.88 Å². The molecule has 0 fully saturated rings. The molecule has 0 saturated carbocycles. The van der Waals surface area contributed by atoms with Crippen molar-refractivity contribution < 1.29 is 31.1 Å². The Morgan fingerprint density at radius 3 is 2.51 bits per heavy atom. The number of carbonyl (C=O) groups excluding carboxylic acids is 1. The van der Waals surface area contributed by atoms with Gasteiger partial charge in [-0.2, -0.15) is 0 Å². The van der Waals surface area contributed by atoms with Crippen LogP contribution in [0, 0.1) is 17.5 Å². The number of hydrogen-bond acceptors (Lipinski definition) is 5. The molecule has 1 unspecified atom stereocenters. The predicted octanol–water partition coefficient (Wildman–Crippen LogP) is 2.99. The molecule has 1 aliphatic heterocycles. The standard InChI is InChI=1S/C21H18ClF3N4O5S/c22-13-5-10(1-2-14(13)23)27-21(31)29(3-4-35(26,32)33)18-9-34-8-17-19(18)11-6-15(24)16(25)7-12(11)20(30)28-17/h1-2,5-7,18H,3-4,8-9H2,(H,27,31)(H,28,30)(H2,26,32,33). The number of nitrogens with zero attached hydrogens (tertiary/aromatic N) is 1. The Morgan fingerprint density at radius 2 is 1.86 bits per heavy atom. The van der Waals surface area contributed by atoms with Gasteiger partial charge in [-0.25, -0.2) is 31.5 Å². The van der Waals surface area contributed by atoms with Gasteiger partial charge in [0.1, 0.15) is 5.82 Å². The minimum atomic E-state index is -4.02. The van der Waals surface area contributed by atoms with E-state index in [1.165, 1.54) is 6.07 Å². The van der Waals surface area contributed by atoms with Gasteiger partial charge in [-0.05, 0) is 35.7 Å². The van der Waals surface area contributed by atoms with E-state index in [1.54, 1.807) is 0 Å². The zero-order chi connectivity index (χ0) is 25.5. The average molecular weight is 531 g/mol. The lowest BCUT2D eigenvalue weighted by Crippen LogP contribution is -2.45. The SMILES string of the molecule is NS(=O)(=O)CCN(C(=O)Nc1ccc(F)c(Cl)c1)C1COCc2[nH]c(=O)c3cc(F)c(F)cc3c21. The third kappa shape index (κ3) is 5.27. The minimum absolute atomic E-state index is 0.0363. The molecule has 3 aromatic rings. The number of halogens is 4. The number of nitrogens with two attached hydrogens (primary N) is 1. The van der Waals surface area contributed by atoms with E-state index in [9.17, 15) is 31.2 Å². The van der Waals surface area contributed by atoms with Crippen molar-refractivity contribution >= 4 is 44.1 Å². The highest BCUT2D eigenvalue weighted by atomic mass is 35.5. The predicted molar refractivity (Wildman–Crippen MR) is 122 cm³/mol. The Labute approximate surface area is 201 Å². The molecule has 1 atom stereocenters. The molecule has 2 heterocycles. The Balaban J connectivity index is 1.81. The summed E-state index contributed by atoms with van der Waals surface area (Å²) in [7, 11) is -4.02. The molecule has 0 radical (unpaired) electrons. The minimum Gasteiger partial charge on any atom is -0.373 e. The van der Waals surface area contributed by atoms with Crippen LogP contribution in [0.1, 0.15) is 17.3 Å². The number of primary sulfonamides is 1. The molecule has 14 heteroatoms. The lowest BCUT2D eigenvalue weighted by molar-refractivity contribution is 0.0473. The first-order chi connectivity index (χ1) is 16.4. The van der Waals surface area contributed by atoms with E-state index in [0.29, 0.717) is 0 Å². The third-order valence-corrected chi connectivity index (χ3v) is 6.51. The Morgan fingerprint density at radius 1 is 1.17 bits per heavy atom. The molecule has 4 N–H and O–H groups in total. The monoisotopic (exact) mass is 530 g/mol. The topological polar surface area (TPSA) is 135 Å². The second-order valence-electron chi connectivity index (χ2n) is 7.81. The van der Waals surface area contributed by atoms with Gasteiger partial charge in [0.25, 0.3) is 5.56 Å². The van der Waals surface area contributed by atoms with Crippen molar-refractivity contribution in [3.8, 4) is 0 Å². The summed E-state index contributed by atoms with van der Waals surface area (Å²) >= 11 is 5.77. The number of nitrogens with one attached hydrogen (secondary N) is 2. The lowest BCUT2D eigenvalue weighted by atomic mass is 9.95. The first-order valence-electron chi connectivity index (χ1n) is 10.1. The average Bonchev–Trinajstić information content (AvgIpc) is 2.77. The van der Waals surface area contributed by atoms with Crippen LogP contribution in [-0.4, -0.2) is 43.2 Å². The van der Waals surface area contributed by atoms with E-state index in [0.717, 1.165) is 29.2 Å². The molecule has 0 spiro atoms. The van der Waals surface area contributed by atoms with Gasteiger partial charge in [0.05, 0.1) is 35.4 Å². The molecular weight excluding hydrogens is 513 g/mol. The van der Waals surface area contributed by atoms with Crippen LogP contribution < -0.4 is 16.0 Å². The van der Waals surface area contributed by atoms with E-state index in [1.807, 2.05) is 0 Å². The van der Waals surface area contributed by atoms with E-state index in [4.69, 9.17) is 21.5 Å². The summed E-state index contributed by atoms with van der Waals surface area (Å²) in [6.45, 7) is -0.666. The van der Waals surface area contributed by atoms with Crippen LogP contribution in [-0.2, 0) is 21.4 Å². The largest absolute Gasteiger partial charge is 0.373 e. The summed E-state index contributed by atoms with van der Waals surface area (Å²) in [4.78, 5) is 29.3. The Hall–Kier alpha value is -3.13. The number of sulfonamides is 1. The van der Waals surface area contributed by atoms with Gasteiger partial charge in [0.2, 0.25) is 10.0 Å². The summed E-state index contributed by atoms with van der Waals surface area (Å²) < 4.78 is 70.3. The van der Waals surface area contributed by atoms with Crippen molar-refractivity contribution in [3.05, 3.63) is 74.4 Å². The number of carbonyl (C=O) groups is 1. The van der Waals surface area contributed by atoms with Crippen molar-refractivity contribution in [2.45, 2.75) is 12.6 Å². The highest BCUT2D eigenvalue weighted by Crippen LogP contribution is 2.34. The highest BCUT2D eigenvalue weighted by Gasteiger charge is 2.33. The molecule has 1 aromatic heterocycles. The molecule has 35 heavy (non-hydrogen) atoms. The molecular formula is C21H18ClF3N4O5S. The molecule has 0 bridgehead atoms. The van der Waals surface area contributed by atoms with E-state index < -0.39 is 57.4 Å². The number of benzene rings is 2. The van der Waals surface area contributed by atoms with E-state index >= 15 is 0 Å². The van der Waals surface area contributed by atoms with E-state index in [2.05, 4.69) is 10.3 Å². The summed E-state index contributed by atoms with van der Waals surface area (Å²) in [6, 6.07) is 3.15. The van der Waals surface area contributed by atoms with Crippen molar-refractivity contribution in [2.24, 2.45) is 5.14 Å².